The summed E-state index contributed by atoms with van der Waals surface area (Å²) in [5.41, 5.74) is 3.90. The summed E-state index contributed by atoms with van der Waals surface area (Å²) in [7, 11) is 1.87. The van der Waals surface area contributed by atoms with Crippen LogP contribution in [-0.2, 0) is 7.05 Å². The largest absolute Gasteiger partial charge is 0.336 e. The van der Waals surface area contributed by atoms with Crippen molar-refractivity contribution >= 4 is 22.8 Å². The van der Waals surface area contributed by atoms with E-state index in [-0.39, 0.29) is 12.1 Å². The van der Waals surface area contributed by atoms with Crippen molar-refractivity contribution in [1.29, 1.82) is 0 Å². The van der Waals surface area contributed by atoms with Crippen LogP contribution in [0.5, 0.6) is 0 Å². The lowest BCUT2D eigenvalue weighted by atomic mass is 10.1. The predicted molar refractivity (Wildman–Crippen MR) is 89.0 cm³/mol. The number of anilines is 1. The summed E-state index contributed by atoms with van der Waals surface area (Å²) in [5.74, 6) is 0. The molecule has 0 aliphatic carbocycles. The van der Waals surface area contributed by atoms with Gasteiger partial charge in [-0.2, -0.15) is 5.10 Å². The minimum absolute atomic E-state index is 0.0632. The molecule has 3 aromatic rings. The first-order chi connectivity index (χ1) is 11.0. The maximum Gasteiger partial charge on any atom is 0.319 e. The van der Waals surface area contributed by atoms with Gasteiger partial charge in [-0.1, -0.05) is 0 Å². The second kappa shape index (κ2) is 6.04. The Morgan fingerprint density at radius 2 is 2.04 bits per heavy atom. The third kappa shape index (κ3) is 3.28. The van der Waals surface area contributed by atoms with Gasteiger partial charge in [0.05, 0.1) is 17.4 Å². The highest BCUT2D eigenvalue weighted by Gasteiger charge is 2.10. The third-order valence-corrected chi connectivity index (χ3v) is 3.28. The van der Waals surface area contributed by atoms with E-state index in [1.54, 1.807) is 29.3 Å². The molecule has 3 rings (SSSR count). The number of hydrogen-bond acceptors (Lipinski definition) is 4. The number of nitrogens with zero attached hydrogens (tertiary/aromatic N) is 4. The SMILES string of the molecule is CC(C)NC(=O)Nc1ccnc2cc(-c3cnn(C)c3)cnc12. The molecule has 3 heterocycles. The van der Waals surface area contributed by atoms with Crippen molar-refractivity contribution in [3.05, 3.63) is 36.9 Å². The number of nitrogens with one attached hydrogen (secondary N) is 2. The summed E-state index contributed by atoms with van der Waals surface area (Å²) < 4.78 is 1.74. The normalized spacial score (nSPS) is 11.0. The molecule has 2 amide bonds. The third-order valence-electron chi connectivity index (χ3n) is 3.28. The van der Waals surface area contributed by atoms with Crippen LogP contribution in [0.25, 0.3) is 22.2 Å². The molecule has 3 aromatic heterocycles. The van der Waals surface area contributed by atoms with E-state index >= 15 is 0 Å². The lowest BCUT2D eigenvalue weighted by Crippen LogP contribution is -2.34. The Labute approximate surface area is 133 Å². The molecule has 2 N–H and O–H groups in total. The highest BCUT2D eigenvalue weighted by molar-refractivity contribution is 5.99. The number of pyridine rings is 2. The molecule has 0 saturated carbocycles. The first kappa shape index (κ1) is 15.0. The lowest BCUT2D eigenvalue weighted by Gasteiger charge is -2.11. The Balaban J connectivity index is 1.94. The highest BCUT2D eigenvalue weighted by atomic mass is 16.2. The zero-order valence-electron chi connectivity index (χ0n) is 13.2. The van der Waals surface area contributed by atoms with E-state index in [0.717, 1.165) is 11.1 Å². The van der Waals surface area contributed by atoms with Crippen molar-refractivity contribution in [2.75, 3.05) is 5.32 Å². The van der Waals surface area contributed by atoms with Crippen molar-refractivity contribution in [1.82, 2.24) is 25.1 Å². The molecule has 0 radical (unpaired) electrons. The van der Waals surface area contributed by atoms with Gasteiger partial charge in [-0.25, -0.2) is 4.79 Å². The van der Waals surface area contributed by atoms with Gasteiger partial charge in [0.2, 0.25) is 0 Å². The fraction of sp³-hybridized carbons (Fsp3) is 0.250. The van der Waals surface area contributed by atoms with Gasteiger partial charge >= 0.3 is 6.03 Å². The van der Waals surface area contributed by atoms with Crippen LogP contribution in [0.2, 0.25) is 0 Å². The monoisotopic (exact) mass is 310 g/mol. The molecule has 0 aromatic carbocycles. The fourth-order valence-corrected chi connectivity index (χ4v) is 2.28. The van der Waals surface area contributed by atoms with E-state index in [1.165, 1.54) is 0 Å². The molecule has 0 fully saturated rings. The molecular formula is C16H18N6O. The van der Waals surface area contributed by atoms with Gasteiger partial charge in [-0.05, 0) is 26.0 Å². The van der Waals surface area contributed by atoms with E-state index in [4.69, 9.17) is 0 Å². The van der Waals surface area contributed by atoms with E-state index < -0.39 is 0 Å². The van der Waals surface area contributed by atoms with Crippen LogP contribution in [0.15, 0.2) is 36.9 Å². The Morgan fingerprint density at radius 3 is 2.74 bits per heavy atom. The predicted octanol–water partition coefficient (Wildman–Crippen LogP) is 2.56. The van der Waals surface area contributed by atoms with Crippen molar-refractivity contribution in [3.63, 3.8) is 0 Å². The minimum atomic E-state index is -0.259. The van der Waals surface area contributed by atoms with Crippen molar-refractivity contribution in [3.8, 4) is 11.1 Å². The smallest absolute Gasteiger partial charge is 0.319 e. The van der Waals surface area contributed by atoms with Crippen LogP contribution in [-0.4, -0.2) is 31.8 Å². The van der Waals surface area contributed by atoms with E-state index in [9.17, 15) is 4.79 Å². The van der Waals surface area contributed by atoms with Gasteiger partial charge in [0, 0.05) is 42.8 Å². The molecule has 23 heavy (non-hydrogen) atoms. The number of urea groups is 1. The molecule has 0 unspecified atom stereocenters. The van der Waals surface area contributed by atoms with E-state index in [2.05, 4.69) is 25.7 Å². The average Bonchev–Trinajstić information content (AvgIpc) is 2.93. The molecule has 0 atom stereocenters. The Hall–Kier alpha value is -2.96. The van der Waals surface area contributed by atoms with Crippen molar-refractivity contribution in [2.45, 2.75) is 19.9 Å². The molecule has 118 valence electrons. The summed E-state index contributed by atoms with van der Waals surface area (Å²) in [4.78, 5) is 20.7. The molecule has 7 heteroatoms. The van der Waals surface area contributed by atoms with Gasteiger partial charge in [0.1, 0.15) is 5.52 Å². The van der Waals surface area contributed by atoms with E-state index in [1.807, 2.05) is 33.2 Å². The van der Waals surface area contributed by atoms with Gasteiger partial charge < -0.3 is 10.6 Å². The summed E-state index contributed by atoms with van der Waals surface area (Å²) in [6.45, 7) is 3.81. The summed E-state index contributed by atoms with van der Waals surface area (Å²) >= 11 is 0. The zero-order valence-corrected chi connectivity index (χ0v) is 13.2. The minimum Gasteiger partial charge on any atom is -0.336 e. The number of carbonyl (C=O) groups is 1. The van der Waals surface area contributed by atoms with E-state index in [0.29, 0.717) is 16.7 Å². The molecular weight excluding hydrogens is 292 g/mol. The number of aromatic nitrogens is 4. The summed E-state index contributed by atoms with van der Waals surface area (Å²) in [6.07, 6.45) is 7.11. The standard InChI is InChI=1S/C16H18N6O/c1-10(2)20-16(23)21-13-4-5-17-14-6-11(7-18-15(13)14)12-8-19-22(3)9-12/h4-10H,1-3H3,(H2,17,20,21,23). The van der Waals surface area contributed by atoms with Crippen LogP contribution in [0.4, 0.5) is 10.5 Å². The summed E-state index contributed by atoms with van der Waals surface area (Å²) in [5, 5.41) is 9.76. The van der Waals surface area contributed by atoms with Crippen LogP contribution in [0, 0.1) is 0 Å². The Kier molecular flexibility index (Phi) is 3.92. The van der Waals surface area contributed by atoms with Crippen molar-refractivity contribution < 1.29 is 4.79 Å². The van der Waals surface area contributed by atoms with Crippen LogP contribution >= 0.6 is 0 Å². The summed E-state index contributed by atoms with van der Waals surface area (Å²) in [6, 6.07) is 3.48. The zero-order chi connectivity index (χ0) is 16.4. The van der Waals surface area contributed by atoms with Gasteiger partial charge in [0.15, 0.2) is 0 Å². The highest BCUT2D eigenvalue weighted by Crippen LogP contribution is 2.24. The van der Waals surface area contributed by atoms with Crippen LogP contribution in [0.1, 0.15) is 13.8 Å². The molecule has 7 nitrogen and oxygen atoms in total. The maximum absolute atomic E-state index is 11.9. The Morgan fingerprint density at radius 1 is 1.22 bits per heavy atom. The topological polar surface area (TPSA) is 84.7 Å². The molecule has 0 saturated heterocycles. The number of amides is 2. The maximum atomic E-state index is 11.9. The first-order valence-electron chi connectivity index (χ1n) is 7.34. The van der Waals surface area contributed by atoms with Gasteiger partial charge in [0.25, 0.3) is 0 Å². The van der Waals surface area contributed by atoms with Crippen LogP contribution in [0.3, 0.4) is 0 Å². The van der Waals surface area contributed by atoms with Gasteiger partial charge in [-0.3, -0.25) is 14.6 Å². The second-order valence-electron chi connectivity index (χ2n) is 5.61. The second-order valence-corrected chi connectivity index (χ2v) is 5.61. The van der Waals surface area contributed by atoms with Crippen molar-refractivity contribution in [2.24, 2.45) is 7.05 Å². The number of carbonyl (C=O) groups excluding carboxylic acids is 1. The number of rotatable bonds is 3. The first-order valence-corrected chi connectivity index (χ1v) is 7.34. The Bertz CT molecular complexity index is 855. The molecule has 0 bridgehead atoms. The number of aryl methyl sites for hydroxylation is 1. The quantitative estimate of drug-likeness (QED) is 0.778. The fourth-order valence-electron chi connectivity index (χ4n) is 2.28. The number of hydrogen-bond donors (Lipinski definition) is 2. The average molecular weight is 310 g/mol. The molecule has 0 aliphatic rings. The van der Waals surface area contributed by atoms with Gasteiger partial charge in [-0.15, -0.1) is 0 Å². The number of fused-ring (bicyclic) bond motifs is 1. The molecule has 0 spiro atoms. The lowest BCUT2D eigenvalue weighted by molar-refractivity contribution is 0.250. The van der Waals surface area contributed by atoms with Crippen LogP contribution < -0.4 is 10.6 Å². The molecule has 0 aliphatic heterocycles.